The van der Waals surface area contributed by atoms with Gasteiger partial charge in [-0.3, -0.25) is 4.79 Å². The molecule has 2 heteroatoms. The summed E-state index contributed by atoms with van der Waals surface area (Å²) in [5, 5.41) is 8.95. The second-order valence-corrected chi connectivity index (χ2v) is 3.81. The van der Waals surface area contributed by atoms with Gasteiger partial charge in [-0.1, -0.05) is 38.1 Å². The lowest BCUT2D eigenvalue weighted by atomic mass is 9.97. The minimum atomic E-state index is -1.71. The first-order valence-electron chi connectivity index (χ1n) is 6.44. The van der Waals surface area contributed by atoms with Gasteiger partial charge in [0.05, 0.1) is 5.89 Å². The molecule has 2 nitrogen and oxygen atoms in total. The van der Waals surface area contributed by atoms with E-state index in [9.17, 15) is 4.79 Å². The summed E-state index contributed by atoms with van der Waals surface area (Å²) in [5.74, 6) is -3.10. The number of aliphatic carboxylic acids is 1. The highest BCUT2D eigenvalue weighted by Gasteiger charge is 2.12. The monoisotopic (exact) mass is 209 g/mol. The molecule has 0 aliphatic carbocycles. The normalized spacial score (nSPS) is 18.8. The van der Waals surface area contributed by atoms with Gasteiger partial charge in [0, 0.05) is 4.11 Å². The van der Waals surface area contributed by atoms with E-state index in [1.165, 1.54) is 19.1 Å². The molecule has 0 saturated carbocycles. The quantitative estimate of drug-likeness (QED) is 0.827. The number of rotatable bonds is 4. The maximum absolute atomic E-state index is 10.9. The summed E-state index contributed by atoms with van der Waals surface area (Å²) in [7, 11) is 0. The van der Waals surface area contributed by atoms with Gasteiger partial charge in [-0.05, 0) is 30.3 Å². The van der Waals surface area contributed by atoms with E-state index in [2.05, 4.69) is 0 Å². The molecule has 82 valence electrons. The average Bonchev–Trinajstić information content (AvgIpc) is 2.28. The van der Waals surface area contributed by atoms with E-state index in [0.717, 1.165) is 0 Å². The van der Waals surface area contributed by atoms with Crippen molar-refractivity contribution in [3.05, 3.63) is 35.4 Å². The van der Waals surface area contributed by atoms with E-state index in [0.29, 0.717) is 11.1 Å². The SMILES string of the molecule is [2H]C(C)(C(=O)O)c1ccc(C([2H])([2H])C(C)C)cc1. The van der Waals surface area contributed by atoms with Gasteiger partial charge in [-0.25, -0.2) is 0 Å². The van der Waals surface area contributed by atoms with Crippen LogP contribution in [0.2, 0.25) is 0 Å². The summed E-state index contributed by atoms with van der Waals surface area (Å²) in [4.78, 5) is 10.9. The number of carbonyl (C=O) groups is 1. The van der Waals surface area contributed by atoms with Crippen molar-refractivity contribution in [2.45, 2.75) is 33.0 Å². The summed E-state index contributed by atoms with van der Waals surface area (Å²) < 4.78 is 23.6. The predicted molar refractivity (Wildman–Crippen MR) is 61.0 cm³/mol. The topological polar surface area (TPSA) is 37.3 Å². The highest BCUT2D eigenvalue weighted by molar-refractivity contribution is 5.75. The van der Waals surface area contributed by atoms with Gasteiger partial charge in [-0.15, -0.1) is 0 Å². The first-order valence-corrected chi connectivity index (χ1v) is 4.94. The number of carboxylic acids is 1. The molecule has 0 aromatic heterocycles. The summed E-state index contributed by atoms with van der Waals surface area (Å²) in [6.07, 6.45) is -1.46. The number of hydrogen-bond donors (Lipinski definition) is 1. The van der Waals surface area contributed by atoms with Gasteiger partial charge < -0.3 is 5.11 Å². The molecule has 0 amide bonds. The molecular formula is C13H18O2. The van der Waals surface area contributed by atoms with Gasteiger partial charge in [-0.2, -0.15) is 0 Å². The molecule has 0 saturated heterocycles. The highest BCUT2D eigenvalue weighted by Crippen LogP contribution is 2.17. The van der Waals surface area contributed by atoms with Gasteiger partial charge in [0.25, 0.3) is 0 Å². The third-order valence-electron chi connectivity index (χ3n) is 2.09. The molecule has 1 unspecified atom stereocenters. The fraction of sp³-hybridized carbons (Fsp3) is 0.462. The van der Waals surface area contributed by atoms with Crippen LogP contribution in [0.5, 0.6) is 0 Å². The van der Waals surface area contributed by atoms with Crippen molar-refractivity contribution < 1.29 is 14.0 Å². The van der Waals surface area contributed by atoms with Crippen LogP contribution >= 0.6 is 0 Å². The van der Waals surface area contributed by atoms with Crippen LogP contribution in [0.3, 0.4) is 0 Å². The molecule has 15 heavy (non-hydrogen) atoms. The molecule has 0 bridgehead atoms. The Labute approximate surface area is 95.2 Å². The van der Waals surface area contributed by atoms with Crippen LogP contribution in [0, 0.1) is 5.92 Å². The molecule has 0 fully saturated rings. The molecule has 0 aliphatic rings. The van der Waals surface area contributed by atoms with Crippen molar-refractivity contribution in [3.8, 4) is 0 Å². The Kier molecular flexibility index (Phi) is 2.62. The van der Waals surface area contributed by atoms with E-state index >= 15 is 0 Å². The predicted octanol–water partition coefficient (Wildman–Crippen LogP) is 3.07. The first-order chi connectivity index (χ1) is 8.10. The third kappa shape index (κ3) is 3.39. The van der Waals surface area contributed by atoms with Crippen molar-refractivity contribution in [2.75, 3.05) is 0 Å². The van der Waals surface area contributed by atoms with Gasteiger partial charge in [0.15, 0.2) is 0 Å². The Morgan fingerprint density at radius 1 is 1.40 bits per heavy atom. The Hall–Kier alpha value is -1.31. The van der Waals surface area contributed by atoms with Crippen LogP contribution in [0.25, 0.3) is 0 Å². The summed E-state index contributed by atoms with van der Waals surface area (Å²) in [6.45, 7) is 4.89. The molecule has 0 radical (unpaired) electrons. The molecule has 1 rings (SSSR count). The summed E-state index contributed by atoms with van der Waals surface area (Å²) in [6, 6.07) is 6.14. The van der Waals surface area contributed by atoms with Crippen LogP contribution in [-0.2, 0) is 11.2 Å². The lowest BCUT2D eigenvalue weighted by molar-refractivity contribution is -0.138. The second-order valence-electron chi connectivity index (χ2n) is 3.81. The van der Waals surface area contributed by atoms with Crippen LogP contribution in [0.15, 0.2) is 24.3 Å². The Morgan fingerprint density at radius 3 is 2.33 bits per heavy atom. The molecule has 1 N–H and O–H groups in total. The maximum Gasteiger partial charge on any atom is 0.310 e. The molecule has 1 aromatic rings. The van der Waals surface area contributed by atoms with Crippen LogP contribution in [0.1, 0.15) is 41.9 Å². The summed E-state index contributed by atoms with van der Waals surface area (Å²) >= 11 is 0. The van der Waals surface area contributed by atoms with Crippen LogP contribution < -0.4 is 0 Å². The molecule has 0 spiro atoms. The standard InChI is InChI=1S/C13H18O2/c1-9(2)8-11-4-6-12(7-5-11)10(3)13(14)15/h4-7,9-10H,8H2,1-3H3,(H,14,15)/i8D2,10D. The zero-order valence-corrected chi connectivity index (χ0v) is 9.24. The van der Waals surface area contributed by atoms with Crippen molar-refractivity contribution >= 4 is 5.97 Å². The lowest BCUT2D eigenvalue weighted by Crippen LogP contribution is -2.07. The largest absolute Gasteiger partial charge is 0.481 e. The van der Waals surface area contributed by atoms with Crippen molar-refractivity contribution in [3.63, 3.8) is 0 Å². The fourth-order valence-electron chi connectivity index (χ4n) is 1.27. The number of carboxylic acid groups (broad SMARTS) is 1. The molecular weight excluding hydrogens is 188 g/mol. The molecule has 1 aromatic carbocycles. The fourth-order valence-corrected chi connectivity index (χ4v) is 1.27. The third-order valence-corrected chi connectivity index (χ3v) is 2.09. The highest BCUT2D eigenvalue weighted by atomic mass is 16.4. The average molecular weight is 209 g/mol. The van der Waals surface area contributed by atoms with E-state index in [4.69, 9.17) is 9.22 Å². The maximum atomic E-state index is 10.9. The van der Waals surface area contributed by atoms with Crippen LogP contribution in [0.4, 0.5) is 0 Å². The van der Waals surface area contributed by atoms with Gasteiger partial charge in [0.1, 0.15) is 0 Å². The summed E-state index contributed by atoms with van der Waals surface area (Å²) in [5.41, 5.74) is 0.848. The van der Waals surface area contributed by atoms with E-state index in [1.807, 2.05) is 0 Å². The lowest BCUT2D eigenvalue weighted by Gasteiger charge is -2.09. The Bertz CT molecular complexity index is 436. The van der Waals surface area contributed by atoms with Crippen molar-refractivity contribution in [1.82, 2.24) is 0 Å². The van der Waals surface area contributed by atoms with Crippen molar-refractivity contribution in [2.24, 2.45) is 5.92 Å². The Morgan fingerprint density at radius 2 is 1.93 bits per heavy atom. The second kappa shape index (κ2) is 4.96. The van der Waals surface area contributed by atoms with Crippen molar-refractivity contribution in [1.29, 1.82) is 0 Å². The molecule has 1 atom stereocenters. The molecule has 0 aliphatic heterocycles. The van der Waals surface area contributed by atoms with Crippen LogP contribution in [-0.4, -0.2) is 11.1 Å². The van der Waals surface area contributed by atoms with E-state index in [1.54, 1.807) is 26.0 Å². The zero-order valence-electron chi connectivity index (χ0n) is 12.2. The number of benzene rings is 1. The van der Waals surface area contributed by atoms with Gasteiger partial charge in [0.2, 0.25) is 0 Å². The molecule has 0 heterocycles. The van der Waals surface area contributed by atoms with E-state index in [-0.39, 0.29) is 5.92 Å². The minimum Gasteiger partial charge on any atom is -0.481 e. The first kappa shape index (κ1) is 7.91. The minimum absolute atomic E-state index is 0.176. The van der Waals surface area contributed by atoms with E-state index < -0.39 is 18.2 Å². The number of hydrogen-bond acceptors (Lipinski definition) is 1. The smallest absolute Gasteiger partial charge is 0.310 e. The Balaban J connectivity index is 3.12. The zero-order chi connectivity index (χ0) is 14.1. The van der Waals surface area contributed by atoms with Gasteiger partial charge >= 0.3 is 5.97 Å².